The summed E-state index contributed by atoms with van der Waals surface area (Å²) in [6.45, 7) is 1.62. The lowest BCUT2D eigenvalue weighted by Gasteiger charge is -2.14. The van der Waals surface area contributed by atoms with Gasteiger partial charge in [0.1, 0.15) is 5.75 Å². The van der Waals surface area contributed by atoms with Gasteiger partial charge in [0.25, 0.3) is 0 Å². The molecular formula is C12H17NO3S. The Bertz CT molecular complexity index is 476. The summed E-state index contributed by atoms with van der Waals surface area (Å²) >= 11 is 0. The quantitative estimate of drug-likeness (QED) is 0.836. The van der Waals surface area contributed by atoms with Crippen LogP contribution in [0.3, 0.4) is 0 Å². The summed E-state index contributed by atoms with van der Waals surface area (Å²) in [5.41, 5.74) is 0. The van der Waals surface area contributed by atoms with Crippen molar-refractivity contribution in [3.8, 4) is 5.75 Å². The first-order valence-corrected chi connectivity index (χ1v) is 7.39. The second-order valence-corrected chi connectivity index (χ2v) is 6.57. The molecule has 1 atom stereocenters. The first-order valence-electron chi connectivity index (χ1n) is 5.84. The van der Waals surface area contributed by atoms with Crippen LogP contribution in [-0.4, -0.2) is 31.9 Å². The van der Waals surface area contributed by atoms with E-state index in [1.54, 1.807) is 12.1 Å². The smallest absolute Gasteiger partial charge is 0.181 e. The van der Waals surface area contributed by atoms with Crippen LogP contribution < -0.4 is 5.32 Å². The van der Waals surface area contributed by atoms with E-state index in [9.17, 15) is 13.5 Å². The Morgan fingerprint density at radius 2 is 2.06 bits per heavy atom. The fourth-order valence-electron chi connectivity index (χ4n) is 2.15. The molecule has 17 heavy (non-hydrogen) atoms. The molecule has 1 heterocycles. The van der Waals surface area contributed by atoms with Gasteiger partial charge in [-0.05, 0) is 50.6 Å². The number of hydrogen-bond acceptors (Lipinski definition) is 4. The van der Waals surface area contributed by atoms with E-state index in [0.29, 0.717) is 12.8 Å². The van der Waals surface area contributed by atoms with Crippen molar-refractivity contribution in [2.24, 2.45) is 0 Å². The number of phenols is 1. The molecule has 1 saturated heterocycles. The molecule has 1 aliphatic heterocycles. The number of benzene rings is 1. The summed E-state index contributed by atoms with van der Waals surface area (Å²) < 4.78 is 24.7. The van der Waals surface area contributed by atoms with Gasteiger partial charge in [0.2, 0.25) is 0 Å². The van der Waals surface area contributed by atoms with Gasteiger partial charge in [-0.25, -0.2) is 8.42 Å². The molecule has 1 fully saturated rings. The molecule has 94 valence electrons. The van der Waals surface area contributed by atoms with Crippen molar-refractivity contribution >= 4 is 9.84 Å². The van der Waals surface area contributed by atoms with Gasteiger partial charge in [0.05, 0.1) is 10.1 Å². The molecule has 1 aromatic rings. The highest BCUT2D eigenvalue weighted by atomic mass is 32.2. The molecule has 0 aliphatic carbocycles. The third-order valence-electron chi connectivity index (χ3n) is 3.11. The number of rotatable bonds is 2. The Labute approximate surface area is 102 Å². The van der Waals surface area contributed by atoms with Gasteiger partial charge in [-0.1, -0.05) is 6.07 Å². The Balaban J connectivity index is 2.28. The molecule has 0 amide bonds. The Morgan fingerprint density at radius 3 is 2.82 bits per heavy atom. The van der Waals surface area contributed by atoms with Crippen LogP contribution in [0.4, 0.5) is 0 Å². The van der Waals surface area contributed by atoms with Gasteiger partial charge in [0, 0.05) is 0 Å². The predicted molar refractivity (Wildman–Crippen MR) is 65.8 cm³/mol. The van der Waals surface area contributed by atoms with Crippen LogP contribution in [0.5, 0.6) is 5.75 Å². The van der Waals surface area contributed by atoms with Crippen molar-refractivity contribution in [3.63, 3.8) is 0 Å². The normalized spacial score (nSPS) is 22.0. The van der Waals surface area contributed by atoms with Gasteiger partial charge in [-0.2, -0.15) is 0 Å². The lowest BCUT2D eigenvalue weighted by molar-refractivity contribution is 0.473. The van der Waals surface area contributed by atoms with Crippen LogP contribution in [0, 0.1) is 0 Å². The molecule has 1 aromatic carbocycles. The Morgan fingerprint density at radius 1 is 1.24 bits per heavy atom. The molecule has 4 nitrogen and oxygen atoms in total. The van der Waals surface area contributed by atoms with Gasteiger partial charge in [0.15, 0.2) is 9.84 Å². The van der Waals surface area contributed by atoms with E-state index in [1.165, 1.54) is 12.1 Å². The predicted octanol–water partition coefficient (Wildman–Crippen LogP) is 1.31. The highest BCUT2D eigenvalue weighted by Crippen LogP contribution is 2.25. The number of hydrogen-bond donors (Lipinski definition) is 2. The minimum Gasteiger partial charge on any atom is -0.508 e. The lowest BCUT2D eigenvalue weighted by atomic mass is 10.2. The molecule has 0 bridgehead atoms. The second kappa shape index (κ2) is 5.06. The van der Waals surface area contributed by atoms with Crippen molar-refractivity contribution < 1.29 is 13.5 Å². The van der Waals surface area contributed by atoms with Crippen molar-refractivity contribution in [2.45, 2.75) is 29.4 Å². The standard InChI is InChI=1S/C12H17NO3S/c14-10-3-1-4-12(9-10)17(15,16)11-5-2-7-13-8-6-11/h1,3-4,9,11,13-14H,2,5-8H2. The Hall–Kier alpha value is -1.07. The van der Waals surface area contributed by atoms with Crippen LogP contribution in [0.15, 0.2) is 29.2 Å². The minimum absolute atomic E-state index is 0.00202. The molecule has 0 spiro atoms. The Kier molecular flexibility index (Phi) is 3.69. The summed E-state index contributed by atoms with van der Waals surface area (Å²) in [6, 6.07) is 5.92. The lowest BCUT2D eigenvalue weighted by Crippen LogP contribution is -2.23. The van der Waals surface area contributed by atoms with E-state index in [-0.39, 0.29) is 15.9 Å². The molecule has 5 heteroatoms. The summed E-state index contributed by atoms with van der Waals surface area (Å²) in [5, 5.41) is 12.2. The number of aromatic hydroxyl groups is 1. The maximum atomic E-state index is 12.4. The molecule has 2 rings (SSSR count). The van der Waals surface area contributed by atoms with Crippen LogP contribution in [-0.2, 0) is 9.84 Å². The first-order chi connectivity index (χ1) is 8.10. The molecular weight excluding hydrogens is 238 g/mol. The van der Waals surface area contributed by atoms with Crippen molar-refractivity contribution in [3.05, 3.63) is 24.3 Å². The largest absolute Gasteiger partial charge is 0.508 e. The zero-order valence-electron chi connectivity index (χ0n) is 9.59. The van der Waals surface area contributed by atoms with Gasteiger partial charge in [-0.3, -0.25) is 0 Å². The summed E-state index contributed by atoms with van der Waals surface area (Å²) in [7, 11) is -3.31. The highest BCUT2D eigenvalue weighted by molar-refractivity contribution is 7.92. The number of phenolic OH excluding ortho intramolecular Hbond substituents is 1. The third-order valence-corrected chi connectivity index (χ3v) is 5.37. The van der Waals surface area contributed by atoms with E-state index < -0.39 is 9.84 Å². The maximum Gasteiger partial charge on any atom is 0.181 e. The van der Waals surface area contributed by atoms with Crippen molar-refractivity contribution in [1.29, 1.82) is 0 Å². The first kappa shape index (κ1) is 12.4. The van der Waals surface area contributed by atoms with Gasteiger partial charge < -0.3 is 10.4 Å². The van der Waals surface area contributed by atoms with E-state index in [0.717, 1.165) is 19.5 Å². The van der Waals surface area contributed by atoms with Crippen LogP contribution in [0.25, 0.3) is 0 Å². The fraction of sp³-hybridized carbons (Fsp3) is 0.500. The van der Waals surface area contributed by atoms with Crippen molar-refractivity contribution in [1.82, 2.24) is 5.32 Å². The monoisotopic (exact) mass is 255 g/mol. The van der Waals surface area contributed by atoms with Gasteiger partial charge in [-0.15, -0.1) is 0 Å². The summed E-state index contributed by atoms with van der Waals surface area (Å²) in [5.74, 6) is -0.00202. The SMILES string of the molecule is O=S(=O)(c1cccc(O)c1)C1CCCNCC1. The average Bonchev–Trinajstić information content (AvgIpc) is 2.58. The molecule has 1 aliphatic rings. The van der Waals surface area contributed by atoms with Gasteiger partial charge >= 0.3 is 0 Å². The summed E-state index contributed by atoms with van der Waals surface area (Å²) in [4.78, 5) is 0.226. The molecule has 2 N–H and O–H groups in total. The topological polar surface area (TPSA) is 66.4 Å². The highest BCUT2D eigenvalue weighted by Gasteiger charge is 2.28. The second-order valence-electron chi connectivity index (χ2n) is 4.35. The minimum atomic E-state index is -3.31. The molecule has 0 saturated carbocycles. The van der Waals surface area contributed by atoms with E-state index >= 15 is 0 Å². The summed E-state index contributed by atoms with van der Waals surface area (Å²) in [6.07, 6.45) is 2.20. The average molecular weight is 255 g/mol. The fourth-order valence-corrected chi connectivity index (χ4v) is 3.99. The third kappa shape index (κ3) is 2.79. The van der Waals surface area contributed by atoms with Crippen molar-refractivity contribution in [2.75, 3.05) is 13.1 Å². The van der Waals surface area contributed by atoms with Crippen LogP contribution in [0.2, 0.25) is 0 Å². The molecule has 0 radical (unpaired) electrons. The van der Waals surface area contributed by atoms with E-state index in [1.807, 2.05) is 0 Å². The van der Waals surface area contributed by atoms with E-state index in [4.69, 9.17) is 0 Å². The van der Waals surface area contributed by atoms with Crippen LogP contribution >= 0.6 is 0 Å². The molecule has 0 aromatic heterocycles. The number of sulfone groups is 1. The maximum absolute atomic E-state index is 12.4. The molecule has 1 unspecified atom stereocenters. The zero-order chi connectivity index (χ0) is 12.3. The van der Waals surface area contributed by atoms with Crippen LogP contribution in [0.1, 0.15) is 19.3 Å². The van der Waals surface area contributed by atoms with E-state index in [2.05, 4.69) is 5.32 Å². The number of nitrogens with one attached hydrogen (secondary N) is 1. The zero-order valence-corrected chi connectivity index (χ0v) is 10.4.